The van der Waals surface area contributed by atoms with Crippen LogP contribution in [0.5, 0.6) is 0 Å². The zero-order chi connectivity index (χ0) is 21.7. The molecule has 2 aliphatic carbocycles. The molecule has 168 valence electrons. The first-order valence-corrected chi connectivity index (χ1v) is 10.5. The van der Waals surface area contributed by atoms with Crippen molar-refractivity contribution in [2.45, 2.75) is 95.5 Å². The average Bonchev–Trinajstić information content (AvgIpc) is 2.67. The molecule has 0 spiro atoms. The van der Waals surface area contributed by atoms with Gasteiger partial charge in [0, 0.05) is 11.3 Å². The number of aliphatic hydroxyl groups excluding tert-OH is 5. The largest absolute Gasteiger partial charge is 0.394 e. The molecule has 3 aliphatic rings. The number of hydrogen-bond acceptors (Lipinski definition) is 8. The molecule has 3 rings (SSSR count). The maximum Gasteiger partial charge on any atom is 0.186 e. The molecule has 0 radical (unpaired) electrons. The van der Waals surface area contributed by atoms with Crippen molar-refractivity contribution in [2.24, 2.45) is 17.3 Å². The van der Waals surface area contributed by atoms with Crippen molar-refractivity contribution in [1.82, 2.24) is 0 Å². The summed E-state index contributed by atoms with van der Waals surface area (Å²) in [6.07, 6.45) is -4.48. The third-order valence-electron chi connectivity index (χ3n) is 7.58. The zero-order valence-corrected chi connectivity index (χ0v) is 17.6. The molecule has 0 aromatic rings. The van der Waals surface area contributed by atoms with Gasteiger partial charge in [-0.15, -0.1) is 0 Å². The SMILES string of the molecule is CC(C)C1=C[C@@]2(O)[C@H](C)[C@@H](O[C@@H]3O[C@H](CO)[C@@H](O)[C@@H](O)[C@H]3O)CC[C@]2(C)[C@H](O)C1. The summed E-state index contributed by atoms with van der Waals surface area (Å²) in [5.74, 6) is -0.227. The van der Waals surface area contributed by atoms with Gasteiger partial charge in [-0.3, -0.25) is 0 Å². The third-order valence-corrected chi connectivity index (χ3v) is 7.58. The Morgan fingerprint density at radius 3 is 2.41 bits per heavy atom. The summed E-state index contributed by atoms with van der Waals surface area (Å²) in [4.78, 5) is 0. The molecular formula is C21H36O8. The number of rotatable bonds is 4. The van der Waals surface area contributed by atoms with Crippen LogP contribution in [-0.2, 0) is 9.47 Å². The van der Waals surface area contributed by atoms with E-state index in [0.717, 1.165) is 5.57 Å². The summed E-state index contributed by atoms with van der Waals surface area (Å²) in [6, 6.07) is 0. The first-order chi connectivity index (χ1) is 13.5. The Balaban J connectivity index is 1.84. The fraction of sp³-hybridized carbons (Fsp3) is 0.905. The van der Waals surface area contributed by atoms with Crippen molar-refractivity contribution in [2.75, 3.05) is 6.61 Å². The predicted octanol–water partition coefficient (Wildman–Crippen LogP) is -0.314. The van der Waals surface area contributed by atoms with Gasteiger partial charge in [-0.05, 0) is 25.2 Å². The van der Waals surface area contributed by atoms with Crippen LogP contribution < -0.4 is 0 Å². The first kappa shape index (κ1) is 23.1. The third kappa shape index (κ3) is 3.68. The minimum atomic E-state index is -1.51. The van der Waals surface area contributed by atoms with Crippen LogP contribution in [0, 0.1) is 17.3 Å². The second-order valence-electron chi connectivity index (χ2n) is 9.54. The maximum atomic E-state index is 11.7. The Bertz CT molecular complexity index is 622. The van der Waals surface area contributed by atoms with Crippen molar-refractivity contribution in [3.63, 3.8) is 0 Å². The van der Waals surface area contributed by atoms with Gasteiger partial charge in [0.15, 0.2) is 6.29 Å². The van der Waals surface area contributed by atoms with E-state index in [-0.39, 0.29) is 5.92 Å². The number of ether oxygens (including phenoxy) is 2. The topological polar surface area (TPSA) is 140 Å². The van der Waals surface area contributed by atoms with Crippen molar-refractivity contribution in [1.29, 1.82) is 0 Å². The highest BCUT2D eigenvalue weighted by atomic mass is 16.7. The highest BCUT2D eigenvalue weighted by molar-refractivity contribution is 5.28. The van der Waals surface area contributed by atoms with Gasteiger partial charge in [0.1, 0.15) is 24.4 Å². The Morgan fingerprint density at radius 1 is 1.17 bits per heavy atom. The molecule has 0 aromatic heterocycles. The van der Waals surface area contributed by atoms with Crippen LogP contribution in [0.4, 0.5) is 0 Å². The van der Waals surface area contributed by atoms with Crippen LogP contribution in [-0.4, -0.2) is 85.8 Å². The molecule has 0 amide bonds. The second kappa shape index (κ2) is 8.16. The van der Waals surface area contributed by atoms with Gasteiger partial charge in [-0.25, -0.2) is 0 Å². The van der Waals surface area contributed by atoms with Crippen LogP contribution in [0.2, 0.25) is 0 Å². The lowest BCUT2D eigenvalue weighted by Gasteiger charge is -2.58. The van der Waals surface area contributed by atoms with Crippen molar-refractivity contribution >= 4 is 0 Å². The summed E-state index contributed by atoms with van der Waals surface area (Å²) in [5.41, 5.74) is -1.03. The van der Waals surface area contributed by atoms with E-state index >= 15 is 0 Å². The number of aliphatic hydroxyl groups is 6. The molecule has 1 heterocycles. The van der Waals surface area contributed by atoms with Gasteiger partial charge in [0.2, 0.25) is 0 Å². The van der Waals surface area contributed by atoms with E-state index in [0.29, 0.717) is 19.3 Å². The monoisotopic (exact) mass is 416 g/mol. The molecular weight excluding hydrogens is 380 g/mol. The molecule has 0 unspecified atom stereocenters. The molecule has 29 heavy (non-hydrogen) atoms. The Hall–Kier alpha value is -0.580. The first-order valence-electron chi connectivity index (χ1n) is 10.5. The molecule has 0 bridgehead atoms. The lowest BCUT2D eigenvalue weighted by atomic mass is 9.52. The van der Waals surface area contributed by atoms with Gasteiger partial charge >= 0.3 is 0 Å². The standard InChI is InChI=1S/C21H36O8/c1-10(2)12-7-15(23)20(4)6-5-13(11(3)21(20,27)8-12)28-19-18(26)17(25)16(24)14(9-22)29-19/h8,10-11,13-19,22-27H,5-7,9H2,1-4H3/t11-,13+,14-,15-,16-,17-,18-,19-,20-,21-/m1/s1. The van der Waals surface area contributed by atoms with Crippen molar-refractivity contribution in [3.8, 4) is 0 Å². The van der Waals surface area contributed by atoms with E-state index < -0.39 is 66.5 Å². The molecule has 1 saturated carbocycles. The molecule has 1 aliphatic heterocycles. The number of hydrogen-bond donors (Lipinski definition) is 6. The second-order valence-corrected chi connectivity index (χ2v) is 9.54. The maximum absolute atomic E-state index is 11.7. The minimum absolute atomic E-state index is 0.192. The van der Waals surface area contributed by atoms with E-state index in [9.17, 15) is 30.6 Å². The Labute approximate surface area is 171 Å². The number of fused-ring (bicyclic) bond motifs is 1. The van der Waals surface area contributed by atoms with Crippen LogP contribution in [0.15, 0.2) is 11.6 Å². The summed E-state index contributed by atoms with van der Waals surface area (Å²) in [5, 5.41) is 62.2. The summed E-state index contributed by atoms with van der Waals surface area (Å²) in [6.45, 7) is 7.27. The molecule has 2 fully saturated rings. The van der Waals surface area contributed by atoms with Gasteiger partial charge in [0.05, 0.1) is 24.4 Å². The summed E-state index contributed by atoms with van der Waals surface area (Å²) < 4.78 is 11.4. The summed E-state index contributed by atoms with van der Waals surface area (Å²) in [7, 11) is 0. The molecule has 1 saturated heterocycles. The quantitative estimate of drug-likeness (QED) is 0.343. The minimum Gasteiger partial charge on any atom is -0.394 e. The van der Waals surface area contributed by atoms with E-state index in [1.54, 1.807) is 0 Å². The van der Waals surface area contributed by atoms with Crippen LogP contribution in [0.1, 0.15) is 47.0 Å². The van der Waals surface area contributed by atoms with Gasteiger partial charge in [-0.1, -0.05) is 39.3 Å². The smallest absolute Gasteiger partial charge is 0.186 e. The molecule has 10 atom stereocenters. The van der Waals surface area contributed by atoms with Crippen LogP contribution in [0.25, 0.3) is 0 Å². The average molecular weight is 417 g/mol. The summed E-state index contributed by atoms with van der Waals surface area (Å²) >= 11 is 0. The van der Waals surface area contributed by atoms with E-state index in [1.165, 1.54) is 0 Å². The van der Waals surface area contributed by atoms with Crippen LogP contribution >= 0.6 is 0 Å². The van der Waals surface area contributed by atoms with Crippen molar-refractivity contribution in [3.05, 3.63) is 11.6 Å². The van der Waals surface area contributed by atoms with Gasteiger partial charge in [0.25, 0.3) is 0 Å². The van der Waals surface area contributed by atoms with Gasteiger partial charge < -0.3 is 40.1 Å². The van der Waals surface area contributed by atoms with Crippen LogP contribution in [0.3, 0.4) is 0 Å². The van der Waals surface area contributed by atoms with E-state index in [1.807, 2.05) is 33.8 Å². The lowest BCUT2D eigenvalue weighted by molar-refractivity contribution is -0.326. The molecule has 0 aromatic carbocycles. The molecule has 6 N–H and O–H groups in total. The normalized spacial score (nSPS) is 50.9. The van der Waals surface area contributed by atoms with Crippen molar-refractivity contribution < 1.29 is 40.1 Å². The highest BCUT2D eigenvalue weighted by Gasteiger charge is 2.60. The Morgan fingerprint density at radius 2 is 1.83 bits per heavy atom. The molecule has 8 nitrogen and oxygen atoms in total. The predicted molar refractivity (Wildman–Crippen MR) is 104 cm³/mol. The van der Waals surface area contributed by atoms with E-state index in [4.69, 9.17) is 9.47 Å². The fourth-order valence-corrected chi connectivity index (χ4v) is 5.16. The zero-order valence-electron chi connectivity index (χ0n) is 17.6. The fourth-order valence-electron chi connectivity index (χ4n) is 5.16. The van der Waals surface area contributed by atoms with Gasteiger partial charge in [-0.2, -0.15) is 0 Å². The highest BCUT2D eigenvalue weighted by Crippen LogP contribution is 2.55. The van der Waals surface area contributed by atoms with E-state index in [2.05, 4.69) is 0 Å². The molecule has 8 heteroatoms. The Kier molecular flexibility index (Phi) is 6.50. The lowest BCUT2D eigenvalue weighted by Crippen LogP contribution is -2.65.